The minimum Gasteiger partial charge on any atom is -0.497 e. The number of carbonyl (C=O) groups excluding carboxylic acids is 1. The number of H-pyrrole nitrogens is 1. The smallest absolute Gasteiger partial charge is 0.330 e. The van der Waals surface area contributed by atoms with Gasteiger partial charge in [-0.05, 0) is 24.1 Å². The van der Waals surface area contributed by atoms with Crippen LogP contribution < -0.4 is 31.4 Å². The first-order valence-corrected chi connectivity index (χ1v) is 9.40. The Bertz CT molecular complexity index is 1010. The van der Waals surface area contributed by atoms with Crippen LogP contribution in [0.1, 0.15) is 24.2 Å². The second kappa shape index (κ2) is 9.97. The summed E-state index contributed by atoms with van der Waals surface area (Å²) in [7, 11) is 4.38. The normalized spacial score (nSPS) is 10.9. The molecule has 1 heterocycles. The Morgan fingerprint density at radius 1 is 1.20 bits per heavy atom. The molecule has 0 saturated carbocycles. The number of anilines is 2. The number of nitrogen functional groups attached to an aromatic ring is 1. The highest BCUT2D eigenvalue weighted by Crippen LogP contribution is 2.28. The molecule has 0 aliphatic heterocycles. The van der Waals surface area contributed by atoms with Gasteiger partial charge < -0.3 is 19.9 Å². The number of ether oxygens (including phenoxy) is 3. The number of nitrogens with zero attached hydrogens (tertiary/aromatic N) is 2. The molecule has 0 spiro atoms. The molecule has 2 rings (SSSR count). The van der Waals surface area contributed by atoms with Gasteiger partial charge in [0.05, 0.1) is 26.4 Å². The molecular formula is C20H28N4O6. The monoisotopic (exact) mass is 420 g/mol. The average molecular weight is 420 g/mol. The Balaban J connectivity index is 2.68. The molecule has 0 radical (unpaired) electrons. The summed E-state index contributed by atoms with van der Waals surface area (Å²) in [4.78, 5) is 41.8. The van der Waals surface area contributed by atoms with Crippen LogP contribution in [0, 0.1) is 5.92 Å². The summed E-state index contributed by atoms with van der Waals surface area (Å²) in [5, 5.41) is 0. The highest BCUT2D eigenvalue weighted by molar-refractivity contribution is 6.09. The molecule has 10 nitrogen and oxygen atoms in total. The minimum absolute atomic E-state index is 0.0306. The third kappa shape index (κ3) is 4.82. The molecule has 0 fully saturated rings. The number of rotatable bonds is 9. The molecular weight excluding hydrogens is 392 g/mol. The van der Waals surface area contributed by atoms with Crippen molar-refractivity contribution in [2.24, 2.45) is 5.92 Å². The number of methoxy groups -OCH3 is 3. The van der Waals surface area contributed by atoms with E-state index in [0.29, 0.717) is 11.5 Å². The maximum atomic E-state index is 13.5. The van der Waals surface area contributed by atoms with E-state index in [0.717, 1.165) is 0 Å². The van der Waals surface area contributed by atoms with E-state index < -0.39 is 17.2 Å². The van der Waals surface area contributed by atoms with E-state index in [2.05, 4.69) is 4.98 Å². The van der Waals surface area contributed by atoms with Crippen LogP contribution >= 0.6 is 0 Å². The fraction of sp³-hybridized carbons (Fsp3) is 0.450. The summed E-state index contributed by atoms with van der Waals surface area (Å²) in [6.45, 7) is 4.27. The Morgan fingerprint density at radius 3 is 2.47 bits per heavy atom. The summed E-state index contributed by atoms with van der Waals surface area (Å²) in [6, 6.07) is 4.75. The fourth-order valence-electron chi connectivity index (χ4n) is 3.01. The lowest BCUT2D eigenvalue weighted by atomic mass is 10.1. The minimum atomic E-state index is -0.760. The zero-order valence-corrected chi connectivity index (χ0v) is 17.9. The first kappa shape index (κ1) is 23.0. The van der Waals surface area contributed by atoms with E-state index in [4.69, 9.17) is 19.9 Å². The second-order valence-electron chi connectivity index (χ2n) is 7.01. The van der Waals surface area contributed by atoms with Crippen molar-refractivity contribution in [1.82, 2.24) is 9.55 Å². The maximum absolute atomic E-state index is 13.5. The fourth-order valence-corrected chi connectivity index (χ4v) is 3.01. The van der Waals surface area contributed by atoms with E-state index >= 15 is 0 Å². The summed E-state index contributed by atoms with van der Waals surface area (Å²) in [5.74, 6) is 0.190. The van der Waals surface area contributed by atoms with Crippen molar-refractivity contribution in [1.29, 1.82) is 0 Å². The average Bonchev–Trinajstić information content (AvgIpc) is 2.72. The van der Waals surface area contributed by atoms with Crippen LogP contribution in [0.5, 0.6) is 11.5 Å². The molecule has 0 atom stereocenters. The lowest BCUT2D eigenvalue weighted by molar-refractivity contribution is 0.0972. The molecule has 10 heteroatoms. The summed E-state index contributed by atoms with van der Waals surface area (Å²) in [5.41, 5.74) is 4.86. The summed E-state index contributed by atoms with van der Waals surface area (Å²) in [6.07, 6.45) is 0. The van der Waals surface area contributed by atoms with Gasteiger partial charge in [0.1, 0.15) is 17.3 Å². The molecule has 1 aromatic heterocycles. The van der Waals surface area contributed by atoms with Crippen molar-refractivity contribution in [3.8, 4) is 11.5 Å². The number of hydrogen-bond acceptors (Lipinski definition) is 7. The highest BCUT2D eigenvalue weighted by atomic mass is 16.5. The molecule has 0 aliphatic carbocycles. The number of aromatic nitrogens is 2. The van der Waals surface area contributed by atoms with Crippen molar-refractivity contribution in [2.75, 3.05) is 45.1 Å². The van der Waals surface area contributed by atoms with Crippen molar-refractivity contribution in [3.63, 3.8) is 0 Å². The van der Waals surface area contributed by atoms with Gasteiger partial charge in [0, 0.05) is 20.2 Å². The molecule has 164 valence electrons. The summed E-state index contributed by atoms with van der Waals surface area (Å²) < 4.78 is 16.9. The van der Waals surface area contributed by atoms with Crippen LogP contribution in [0.3, 0.4) is 0 Å². The highest BCUT2D eigenvalue weighted by Gasteiger charge is 2.27. The number of benzene rings is 1. The van der Waals surface area contributed by atoms with Crippen LogP contribution in [0.2, 0.25) is 0 Å². The quantitative estimate of drug-likeness (QED) is 0.621. The molecule has 0 aliphatic rings. The van der Waals surface area contributed by atoms with Gasteiger partial charge >= 0.3 is 5.69 Å². The zero-order valence-electron chi connectivity index (χ0n) is 17.9. The van der Waals surface area contributed by atoms with Gasteiger partial charge in [0.2, 0.25) is 0 Å². The first-order chi connectivity index (χ1) is 14.2. The van der Waals surface area contributed by atoms with E-state index in [1.165, 1.54) is 36.9 Å². The van der Waals surface area contributed by atoms with E-state index in [1.54, 1.807) is 12.1 Å². The topological polar surface area (TPSA) is 129 Å². The van der Waals surface area contributed by atoms with Crippen LogP contribution in [0.15, 0.2) is 27.8 Å². The lowest BCUT2D eigenvalue weighted by Crippen LogP contribution is -2.43. The Hall–Kier alpha value is -3.27. The van der Waals surface area contributed by atoms with Gasteiger partial charge in [-0.3, -0.25) is 24.0 Å². The van der Waals surface area contributed by atoms with Crippen molar-refractivity contribution in [3.05, 3.63) is 44.6 Å². The van der Waals surface area contributed by atoms with Gasteiger partial charge in [-0.15, -0.1) is 0 Å². The number of hydrogen-bond donors (Lipinski definition) is 2. The predicted molar refractivity (Wildman–Crippen MR) is 114 cm³/mol. The molecule has 1 amide bonds. The van der Waals surface area contributed by atoms with Crippen LogP contribution in [0.25, 0.3) is 0 Å². The van der Waals surface area contributed by atoms with Gasteiger partial charge in [-0.2, -0.15) is 0 Å². The molecule has 0 unspecified atom stereocenters. The molecule has 3 N–H and O–H groups in total. The number of nitrogens with one attached hydrogen (secondary N) is 1. The molecule has 0 bridgehead atoms. The first-order valence-electron chi connectivity index (χ1n) is 9.40. The van der Waals surface area contributed by atoms with E-state index in [1.807, 2.05) is 13.8 Å². The Labute approximate surface area is 174 Å². The maximum Gasteiger partial charge on any atom is 0.330 e. The van der Waals surface area contributed by atoms with E-state index in [9.17, 15) is 14.4 Å². The standard InChI is InChI=1S/C20H28N4O6/c1-12(2)11-24-17(21)16(18(25)22-20(24)27)23(8-9-28-3)19(26)14-10-13(29-4)6-7-15(14)30-5/h6-7,10,12H,8-9,11,21H2,1-5H3,(H,22,25,27). The number of aromatic amines is 1. The third-order valence-corrected chi connectivity index (χ3v) is 4.43. The molecule has 0 saturated heterocycles. The van der Waals surface area contributed by atoms with Gasteiger partial charge in [-0.1, -0.05) is 13.8 Å². The van der Waals surface area contributed by atoms with Crippen molar-refractivity contribution < 1.29 is 19.0 Å². The second-order valence-corrected chi connectivity index (χ2v) is 7.01. The number of amides is 1. The molecule has 2 aromatic rings. The van der Waals surface area contributed by atoms with Crippen molar-refractivity contribution in [2.45, 2.75) is 20.4 Å². The third-order valence-electron chi connectivity index (χ3n) is 4.43. The lowest BCUT2D eigenvalue weighted by Gasteiger charge is -2.25. The molecule has 30 heavy (non-hydrogen) atoms. The Kier molecular flexibility index (Phi) is 7.65. The molecule has 1 aromatic carbocycles. The van der Waals surface area contributed by atoms with Crippen LogP contribution in [0.4, 0.5) is 11.5 Å². The number of nitrogens with two attached hydrogens (primary N) is 1. The van der Waals surface area contributed by atoms with Crippen molar-refractivity contribution >= 4 is 17.4 Å². The van der Waals surface area contributed by atoms with Crippen LogP contribution in [-0.2, 0) is 11.3 Å². The zero-order chi connectivity index (χ0) is 22.4. The largest absolute Gasteiger partial charge is 0.497 e. The Morgan fingerprint density at radius 2 is 1.90 bits per heavy atom. The SMILES string of the molecule is COCCN(C(=O)c1cc(OC)ccc1OC)c1c(N)n(CC(C)C)c(=O)[nH]c1=O. The number of carbonyl (C=O) groups is 1. The predicted octanol–water partition coefficient (Wildman–Crippen LogP) is 1.09. The van der Waals surface area contributed by atoms with Gasteiger partial charge in [0.25, 0.3) is 11.5 Å². The van der Waals surface area contributed by atoms with E-state index in [-0.39, 0.29) is 42.7 Å². The van der Waals surface area contributed by atoms with Crippen LogP contribution in [-0.4, -0.2) is 49.9 Å². The van der Waals surface area contributed by atoms with Gasteiger partial charge in [-0.25, -0.2) is 4.79 Å². The van der Waals surface area contributed by atoms with Gasteiger partial charge in [0.15, 0.2) is 5.69 Å². The summed E-state index contributed by atoms with van der Waals surface area (Å²) >= 11 is 0.